The molecule has 1 aromatic heterocycles. The number of nitrogens with two attached hydrogens (primary N) is 1. The second-order valence-electron chi connectivity index (χ2n) is 2.77. The topological polar surface area (TPSA) is 61.0 Å². The second-order valence-corrected chi connectivity index (χ2v) is 3.78. The Balaban J connectivity index is 2.53. The van der Waals surface area contributed by atoms with Crippen LogP contribution in [0, 0.1) is 5.82 Å². The molecule has 2 aromatic rings. The van der Waals surface area contributed by atoms with Gasteiger partial charge in [-0.3, -0.25) is 0 Å². The average molecular weight is 225 g/mol. The third-order valence-electron chi connectivity index (χ3n) is 1.85. The number of ether oxygens (including phenoxy) is 1. The number of halogens is 1. The highest BCUT2D eigenvalue weighted by Gasteiger charge is 2.13. The predicted molar refractivity (Wildman–Crippen MR) is 56.3 cm³/mol. The lowest BCUT2D eigenvalue weighted by Crippen LogP contribution is -1.90. The Morgan fingerprint density at radius 2 is 2.20 bits per heavy atom. The van der Waals surface area contributed by atoms with Gasteiger partial charge in [-0.25, -0.2) is 4.39 Å². The molecule has 0 aliphatic rings. The normalized spacial score (nSPS) is 10.3. The van der Waals surface area contributed by atoms with Crippen LogP contribution in [0.4, 0.5) is 9.52 Å². The molecule has 0 aliphatic carbocycles. The van der Waals surface area contributed by atoms with Crippen molar-refractivity contribution < 1.29 is 9.13 Å². The fraction of sp³-hybridized carbons (Fsp3) is 0.111. The maximum atomic E-state index is 13.7. The number of nitrogen functional groups attached to an aromatic ring is 1. The molecule has 0 radical (unpaired) electrons. The average Bonchev–Trinajstić information content (AvgIpc) is 2.65. The van der Waals surface area contributed by atoms with Crippen LogP contribution in [-0.2, 0) is 0 Å². The summed E-state index contributed by atoms with van der Waals surface area (Å²) in [5, 5.41) is 8.16. The predicted octanol–water partition coefficient (Wildman–Crippen LogP) is 1.93. The van der Waals surface area contributed by atoms with Gasteiger partial charge in [0.2, 0.25) is 5.13 Å². The molecule has 0 saturated carbocycles. The summed E-state index contributed by atoms with van der Waals surface area (Å²) in [6.45, 7) is 0. The van der Waals surface area contributed by atoms with Crippen LogP contribution in [-0.4, -0.2) is 17.3 Å². The minimum Gasteiger partial charge on any atom is -0.494 e. The number of hydrogen-bond acceptors (Lipinski definition) is 5. The summed E-state index contributed by atoms with van der Waals surface area (Å²) in [5.41, 5.74) is 5.78. The maximum Gasteiger partial charge on any atom is 0.203 e. The molecule has 0 atom stereocenters. The zero-order chi connectivity index (χ0) is 10.8. The molecule has 0 amide bonds. The van der Waals surface area contributed by atoms with E-state index in [1.807, 2.05) is 0 Å². The van der Waals surface area contributed by atoms with E-state index in [9.17, 15) is 4.39 Å². The first-order valence-corrected chi connectivity index (χ1v) is 4.96. The molecule has 0 unspecified atom stereocenters. The molecule has 0 spiro atoms. The lowest BCUT2D eigenvalue weighted by Gasteiger charge is -2.03. The summed E-state index contributed by atoms with van der Waals surface area (Å²) < 4.78 is 18.6. The van der Waals surface area contributed by atoms with Crippen molar-refractivity contribution in [2.24, 2.45) is 0 Å². The van der Waals surface area contributed by atoms with E-state index in [0.29, 0.717) is 15.7 Å². The number of methoxy groups -OCH3 is 1. The second kappa shape index (κ2) is 3.82. The van der Waals surface area contributed by atoms with E-state index >= 15 is 0 Å². The summed E-state index contributed by atoms with van der Waals surface area (Å²) in [5.74, 6) is -0.266. The van der Waals surface area contributed by atoms with Gasteiger partial charge in [-0.05, 0) is 12.1 Å². The van der Waals surface area contributed by atoms with Crippen LogP contribution in [0.15, 0.2) is 18.2 Å². The lowest BCUT2D eigenvalue weighted by molar-refractivity contribution is 0.387. The van der Waals surface area contributed by atoms with Crippen LogP contribution in [0.25, 0.3) is 10.6 Å². The lowest BCUT2D eigenvalue weighted by atomic mass is 10.2. The molecule has 6 heteroatoms. The number of rotatable bonds is 2. The number of nitrogens with zero attached hydrogens (tertiary/aromatic N) is 2. The minimum absolute atomic E-state index is 0.182. The Hall–Kier alpha value is -1.69. The van der Waals surface area contributed by atoms with Gasteiger partial charge in [-0.2, -0.15) is 0 Å². The highest BCUT2D eigenvalue weighted by Crippen LogP contribution is 2.31. The Morgan fingerprint density at radius 3 is 2.80 bits per heavy atom. The van der Waals surface area contributed by atoms with Crippen LogP contribution in [0.2, 0.25) is 0 Å². The standard InChI is InChI=1S/C9H8FN3OS/c1-14-6-4-2-3-5(7(6)10)8-12-13-9(11)15-8/h2-4H,1H3,(H2,11,13). The first-order valence-electron chi connectivity index (χ1n) is 4.14. The quantitative estimate of drug-likeness (QED) is 0.848. The van der Waals surface area contributed by atoms with Crippen molar-refractivity contribution in [3.05, 3.63) is 24.0 Å². The van der Waals surface area contributed by atoms with E-state index in [2.05, 4.69) is 10.2 Å². The first-order chi connectivity index (χ1) is 7.22. The SMILES string of the molecule is COc1cccc(-c2nnc(N)s2)c1F. The van der Waals surface area contributed by atoms with Crippen molar-refractivity contribution in [2.75, 3.05) is 12.8 Å². The molecular weight excluding hydrogens is 217 g/mol. The molecule has 78 valence electrons. The third kappa shape index (κ3) is 1.75. The van der Waals surface area contributed by atoms with Crippen molar-refractivity contribution >= 4 is 16.5 Å². The van der Waals surface area contributed by atoms with Crippen molar-refractivity contribution in [3.8, 4) is 16.3 Å². The largest absolute Gasteiger partial charge is 0.494 e. The van der Waals surface area contributed by atoms with E-state index in [1.165, 1.54) is 7.11 Å². The summed E-state index contributed by atoms with van der Waals surface area (Å²) in [6.07, 6.45) is 0. The third-order valence-corrected chi connectivity index (χ3v) is 2.64. The zero-order valence-corrected chi connectivity index (χ0v) is 8.71. The van der Waals surface area contributed by atoms with E-state index < -0.39 is 5.82 Å². The summed E-state index contributed by atoms with van der Waals surface area (Å²) in [4.78, 5) is 0. The highest BCUT2D eigenvalue weighted by atomic mass is 32.1. The first kappa shape index (κ1) is 9.85. The van der Waals surface area contributed by atoms with E-state index in [0.717, 1.165) is 11.3 Å². The molecule has 1 aromatic carbocycles. The summed E-state index contributed by atoms with van der Waals surface area (Å²) in [7, 11) is 1.41. The van der Waals surface area contributed by atoms with Crippen LogP contribution < -0.4 is 10.5 Å². The molecule has 2 N–H and O–H groups in total. The summed E-state index contributed by atoms with van der Waals surface area (Å²) in [6, 6.07) is 4.84. The molecule has 4 nitrogen and oxygen atoms in total. The molecule has 0 saturated heterocycles. The van der Waals surface area contributed by atoms with Crippen molar-refractivity contribution in [1.82, 2.24) is 10.2 Å². The van der Waals surface area contributed by atoms with Crippen LogP contribution >= 0.6 is 11.3 Å². The number of aromatic nitrogens is 2. The monoisotopic (exact) mass is 225 g/mol. The molecule has 0 bridgehead atoms. The van der Waals surface area contributed by atoms with Crippen LogP contribution in [0.3, 0.4) is 0 Å². The zero-order valence-electron chi connectivity index (χ0n) is 7.90. The van der Waals surface area contributed by atoms with Gasteiger partial charge in [0, 0.05) is 0 Å². The van der Waals surface area contributed by atoms with Crippen molar-refractivity contribution in [3.63, 3.8) is 0 Å². The Labute approximate surface area is 89.5 Å². The van der Waals surface area contributed by atoms with Crippen LogP contribution in [0.5, 0.6) is 5.75 Å². The minimum atomic E-state index is -0.448. The van der Waals surface area contributed by atoms with Gasteiger partial charge >= 0.3 is 0 Å². The van der Waals surface area contributed by atoms with Gasteiger partial charge in [0.15, 0.2) is 16.6 Å². The van der Waals surface area contributed by atoms with E-state index in [4.69, 9.17) is 10.5 Å². The van der Waals surface area contributed by atoms with Gasteiger partial charge in [-0.1, -0.05) is 17.4 Å². The molecule has 1 heterocycles. The van der Waals surface area contributed by atoms with Gasteiger partial charge < -0.3 is 10.5 Å². The molecule has 15 heavy (non-hydrogen) atoms. The van der Waals surface area contributed by atoms with Gasteiger partial charge in [0.05, 0.1) is 12.7 Å². The van der Waals surface area contributed by atoms with Gasteiger partial charge in [-0.15, -0.1) is 10.2 Å². The van der Waals surface area contributed by atoms with E-state index in [-0.39, 0.29) is 5.75 Å². The van der Waals surface area contributed by atoms with Crippen molar-refractivity contribution in [1.29, 1.82) is 0 Å². The number of anilines is 1. The fourth-order valence-corrected chi connectivity index (χ4v) is 1.81. The van der Waals surface area contributed by atoms with Gasteiger partial charge in [0.25, 0.3) is 0 Å². The Bertz CT molecular complexity index is 486. The van der Waals surface area contributed by atoms with Crippen LogP contribution in [0.1, 0.15) is 0 Å². The van der Waals surface area contributed by atoms with E-state index in [1.54, 1.807) is 18.2 Å². The Morgan fingerprint density at radius 1 is 1.40 bits per heavy atom. The fourth-order valence-electron chi connectivity index (χ4n) is 1.18. The number of hydrogen-bond donors (Lipinski definition) is 1. The molecular formula is C9H8FN3OS. The van der Waals surface area contributed by atoms with Crippen molar-refractivity contribution in [2.45, 2.75) is 0 Å². The summed E-state index contributed by atoms with van der Waals surface area (Å²) >= 11 is 1.13. The molecule has 0 fully saturated rings. The highest BCUT2D eigenvalue weighted by molar-refractivity contribution is 7.18. The molecule has 2 rings (SSSR count). The number of benzene rings is 1. The smallest absolute Gasteiger partial charge is 0.203 e. The maximum absolute atomic E-state index is 13.7. The van der Waals surface area contributed by atoms with Gasteiger partial charge in [0.1, 0.15) is 0 Å². The Kier molecular flexibility index (Phi) is 2.51. The molecule has 0 aliphatic heterocycles.